The second-order valence-corrected chi connectivity index (χ2v) is 6.36. The van der Waals surface area contributed by atoms with Crippen molar-refractivity contribution in [2.45, 2.75) is 13.0 Å². The van der Waals surface area contributed by atoms with Crippen LogP contribution >= 0.6 is 7.60 Å². The van der Waals surface area contributed by atoms with Gasteiger partial charge in [-0.2, -0.15) is 6.61 Å². The first-order valence-electron chi connectivity index (χ1n) is 6.41. The topological polar surface area (TPSA) is 114 Å². The Labute approximate surface area is 139 Å². The van der Waals surface area contributed by atoms with E-state index in [4.69, 9.17) is 19.5 Å². The molecular weight excluding hydrogens is 348 g/mol. The molecule has 1 aliphatic heterocycles. The van der Waals surface area contributed by atoms with Gasteiger partial charge in [0.05, 0.1) is 12.9 Å². The van der Waals surface area contributed by atoms with E-state index in [9.17, 15) is 4.57 Å². The minimum atomic E-state index is -3.12. The second-order valence-electron chi connectivity index (χ2n) is 4.41. The van der Waals surface area contributed by atoms with Crippen LogP contribution in [0.4, 0.5) is 5.82 Å². The van der Waals surface area contributed by atoms with Crippen molar-refractivity contribution < 1.29 is 36.9 Å². The summed E-state index contributed by atoms with van der Waals surface area (Å²) in [5, 5.41) is 0. The van der Waals surface area contributed by atoms with Crippen LogP contribution in [0.2, 0.25) is 0 Å². The minimum Gasteiger partial charge on any atom is -0.484 e. The summed E-state index contributed by atoms with van der Waals surface area (Å²) in [6, 6.07) is 0. The Hall–Kier alpha value is -0.956. The summed E-state index contributed by atoms with van der Waals surface area (Å²) >= 11 is 0. The van der Waals surface area contributed by atoms with E-state index in [2.05, 4.69) is 15.0 Å². The van der Waals surface area contributed by atoms with Crippen molar-refractivity contribution in [1.82, 2.24) is 19.5 Å². The third-order valence-electron chi connectivity index (χ3n) is 2.91. The Morgan fingerprint density at radius 3 is 3.09 bits per heavy atom. The van der Waals surface area contributed by atoms with E-state index in [1.54, 1.807) is 10.9 Å². The molecule has 1 saturated heterocycles. The van der Waals surface area contributed by atoms with Crippen LogP contribution in [0.1, 0.15) is 6.42 Å². The molecule has 0 aliphatic carbocycles. The first-order chi connectivity index (χ1) is 10.2. The summed E-state index contributed by atoms with van der Waals surface area (Å²) < 4.78 is 29.3. The predicted octanol–water partition coefficient (Wildman–Crippen LogP) is 1.17. The van der Waals surface area contributed by atoms with Gasteiger partial charge in [-0.05, 0) is 0 Å². The molecule has 11 heteroatoms. The molecule has 22 heavy (non-hydrogen) atoms. The first-order valence-corrected chi connectivity index (χ1v) is 8.13. The van der Waals surface area contributed by atoms with Crippen LogP contribution in [0.15, 0.2) is 12.7 Å². The van der Waals surface area contributed by atoms with Gasteiger partial charge in [0, 0.05) is 31.7 Å². The van der Waals surface area contributed by atoms with Gasteiger partial charge in [-0.3, -0.25) is 4.57 Å². The van der Waals surface area contributed by atoms with Crippen molar-refractivity contribution in [3.05, 3.63) is 19.3 Å². The molecule has 0 aromatic carbocycles. The zero-order valence-electron chi connectivity index (χ0n) is 11.7. The molecule has 0 bridgehead atoms. The van der Waals surface area contributed by atoms with E-state index in [0.717, 1.165) is 0 Å². The number of aromatic nitrogens is 4. The maximum Gasteiger partial charge on any atom is 0.325 e. The van der Waals surface area contributed by atoms with E-state index in [0.29, 0.717) is 43.2 Å². The van der Waals surface area contributed by atoms with Crippen molar-refractivity contribution in [3.8, 4) is 0 Å². The maximum absolute atomic E-state index is 12.0. The fourth-order valence-corrected chi connectivity index (χ4v) is 3.17. The number of hydrogen-bond donors (Lipinski definition) is 1. The minimum absolute atomic E-state index is 0. The van der Waals surface area contributed by atoms with Gasteiger partial charge < -0.3 is 24.1 Å². The van der Waals surface area contributed by atoms with Gasteiger partial charge in [0.2, 0.25) is 0 Å². The van der Waals surface area contributed by atoms with Gasteiger partial charge in [0.1, 0.15) is 18.2 Å². The number of fused-ring (bicyclic) bond motifs is 1. The molecule has 9 nitrogen and oxygen atoms in total. The number of ether oxygens (including phenoxy) is 1. The van der Waals surface area contributed by atoms with E-state index in [1.165, 1.54) is 12.9 Å². The maximum atomic E-state index is 12.0. The number of rotatable bonds is 5. The fourth-order valence-electron chi connectivity index (χ4n) is 1.91. The number of nitrogens with zero attached hydrogens (tertiary/aromatic N) is 4. The number of hydrogen-bond acceptors (Lipinski definition) is 8. The van der Waals surface area contributed by atoms with Crippen LogP contribution in [0.3, 0.4) is 0 Å². The molecular formula is C11H15N5O4PV-. The van der Waals surface area contributed by atoms with Gasteiger partial charge in [-0.1, -0.05) is 0 Å². The molecule has 2 N–H and O–H groups in total. The third kappa shape index (κ3) is 3.87. The van der Waals surface area contributed by atoms with E-state index < -0.39 is 7.60 Å². The fraction of sp³-hybridized carbons (Fsp3) is 0.455. The van der Waals surface area contributed by atoms with E-state index >= 15 is 0 Å². The van der Waals surface area contributed by atoms with Crippen LogP contribution in [-0.4, -0.2) is 39.1 Å². The smallest absolute Gasteiger partial charge is 0.325 e. The third-order valence-corrected chi connectivity index (χ3v) is 4.46. The van der Waals surface area contributed by atoms with Crippen molar-refractivity contribution in [3.63, 3.8) is 0 Å². The SMILES string of the molecule is Nc1ncnc2c1ncn2CCOC[P@@]1(=O)O[CH-]CCO1.[V]. The average molecular weight is 363 g/mol. The molecule has 1 atom stereocenters. The number of nitrogen functional groups attached to an aromatic ring is 1. The number of imidazole rings is 1. The standard InChI is InChI=1S/C11H15N5O4P.V/c12-10-9-11(14-6-13-10)16(7-15-9)2-5-18-8-21(17)19-3-1-4-20-21;/h3,6-7H,1-2,4-5,8H2,(H2,12,13,14);/q-1;/t21-;/m1./s1. The van der Waals surface area contributed by atoms with Crippen molar-refractivity contribution in [2.24, 2.45) is 0 Å². The Bertz CT molecular complexity index is 672. The summed E-state index contributed by atoms with van der Waals surface area (Å²) in [7, 11) is -3.12. The van der Waals surface area contributed by atoms with E-state index in [-0.39, 0.29) is 24.9 Å². The summed E-state index contributed by atoms with van der Waals surface area (Å²) in [5.41, 5.74) is 6.90. The molecule has 119 valence electrons. The number of nitrogens with two attached hydrogens (primary N) is 1. The van der Waals surface area contributed by atoms with Crippen LogP contribution < -0.4 is 5.73 Å². The zero-order valence-corrected chi connectivity index (χ0v) is 14.0. The monoisotopic (exact) mass is 363 g/mol. The molecule has 1 radical (unpaired) electrons. The first kappa shape index (κ1) is 17.4. The zero-order chi connectivity index (χ0) is 14.7. The largest absolute Gasteiger partial charge is 0.484 e. The average Bonchev–Trinajstić information content (AvgIpc) is 2.89. The normalized spacial score (nSPS) is 21.6. The molecule has 0 unspecified atom stereocenters. The molecule has 0 amide bonds. The summed E-state index contributed by atoms with van der Waals surface area (Å²) in [5.74, 6) is 0.337. The molecule has 3 heterocycles. The van der Waals surface area contributed by atoms with Gasteiger partial charge in [-0.25, -0.2) is 15.0 Å². The second kappa shape index (κ2) is 7.54. The molecule has 2 aromatic heterocycles. The Balaban J connectivity index is 0.00000176. The van der Waals surface area contributed by atoms with E-state index in [1.807, 2.05) is 0 Å². The number of anilines is 1. The van der Waals surface area contributed by atoms with Gasteiger partial charge in [0.25, 0.3) is 0 Å². The van der Waals surface area contributed by atoms with Crippen LogP contribution in [0.5, 0.6) is 0 Å². The Morgan fingerprint density at radius 1 is 1.45 bits per heavy atom. The van der Waals surface area contributed by atoms with Crippen LogP contribution in [0, 0.1) is 6.61 Å². The Morgan fingerprint density at radius 2 is 2.32 bits per heavy atom. The molecule has 1 fully saturated rings. The van der Waals surface area contributed by atoms with Crippen molar-refractivity contribution in [1.29, 1.82) is 0 Å². The van der Waals surface area contributed by atoms with Crippen LogP contribution in [-0.2, 0) is 43.4 Å². The van der Waals surface area contributed by atoms with Crippen LogP contribution in [0.25, 0.3) is 11.2 Å². The summed E-state index contributed by atoms with van der Waals surface area (Å²) in [6.45, 7) is 2.71. The molecule has 1 aliphatic rings. The van der Waals surface area contributed by atoms with Crippen molar-refractivity contribution >= 4 is 24.6 Å². The molecule has 0 spiro atoms. The summed E-state index contributed by atoms with van der Waals surface area (Å²) in [4.78, 5) is 12.2. The Kier molecular flexibility index (Phi) is 5.97. The molecule has 0 saturated carbocycles. The molecule has 3 rings (SSSR count). The van der Waals surface area contributed by atoms with Gasteiger partial charge in [0.15, 0.2) is 11.5 Å². The van der Waals surface area contributed by atoms with Gasteiger partial charge in [-0.15, -0.1) is 6.42 Å². The molecule has 2 aromatic rings. The quantitative estimate of drug-likeness (QED) is 0.478. The van der Waals surface area contributed by atoms with Gasteiger partial charge >= 0.3 is 7.60 Å². The summed E-state index contributed by atoms with van der Waals surface area (Å²) in [6.07, 6.45) is 3.55. The van der Waals surface area contributed by atoms with Crippen molar-refractivity contribution in [2.75, 3.05) is 25.3 Å². The predicted molar refractivity (Wildman–Crippen MR) is 74.1 cm³/mol.